The van der Waals surface area contributed by atoms with Crippen LogP contribution in [-0.2, 0) is 24.4 Å². The molecule has 4 aromatic rings. The summed E-state index contributed by atoms with van der Waals surface area (Å²) in [7, 11) is 0. The van der Waals surface area contributed by atoms with E-state index in [9.17, 15) is 14.0 Å². The molecule has 0 unspecified atom stereocenters. The van der Waals surface area contributed by atoms with Gasteiger partial charge in [0.15, 0.2) is 0 Å². The van der Waals surface area contributed by atoms with Crippen LogP contribution in [0.25, 0.3) is 10.6 Å². The number of thiophene rings is 1. The topological polar surface area (TPSA) is 67.2 Å². The van der Waals surface area contributed by atoms with E-state index in [1.54, 1.807) is 46.0 Å². The fourth-order valence-electron chi connectivity index (χ4n) is 4.18. The lowest BCUT2D eigenvalue weighted by molar-refractivity contribution is -0.133. The van der Waals surface area contributed by atoms with Gasteiger partial charge >= 0.3 is 0 Å². The van der Waals surface area contributed by atoms with Crippen LogP contribution >= 0.6 is 11.3 Å². The quantitative estimate of drug-likeness (QED) is 0.448. The highest BCUT2D eigenvalue weighted by molar-refractivity contribution is 7.13. The van der Waals surface area contributed by atoms with Crippen LogP contribution < -0.4 is 5.32 Å². The van der Waals surface area contributed by atoms with Crippen molar-refractivity contribution in [3.05, 3.63) is 101 Å². The van der Waals surface area contributed by atoms with E-state index in [4.69, 9.17) is 0 Å². The maximum atomic E-state index is 13.7. The molecule has 5 rings (SSSR count). The molecule has 3 heterocycles. The molecule has 6 nitrogen and oxygen atoms in total. The number of hydrogen-bond acceptors (Lipinski definition) is 4. The van der Waals surface area contributed by atoms with Crippen LogP contribution in [0.4, 0.5) is 4.39 Å². The van der Waals surface area contributed by atoms with Crippen molar-refractivity contribution < 1.29 is 14.0 Å². The van der Waals surface area contributed by atoms with Gasteiger partial charge in [-0.25, -0.2) is 4.39 Å². The SMILES string of the molecule is C[C@]1(C(=O)NCc2ccc(F)cc2)Cn2nc(-c3cccs3)cc2C(=O)N1Cc1ccccc1. The van der Waals surface area contributed by atoms with Crippen molar-refractivity contribution in [2.45, 2.75) is 32.1 Å². The summed E-state index contributed by atoms with van der Waals surface area (Å²) < 4.78 is 14.9. The zero-order valence-electron chi connectivity index (χ0n) is 18.6. The number of carbonyl (C=O) groups is 2. The third kappa shape index (κ3) is 4.12. The lowest BCUT2D eigenvalue weighted by Gasteiger charge is -2.43. The van der Waals surface area contributed by atoms with E-state index in [1.165, 1.54) is 12.1 Å². The number of halogens is 1. The zero-order valence-corrected chi connectivity index (χ0v) is 19.4. The summed E-state index contributed by atoms with van der Waals surface area (Å²) in [5.74, 6) is -0.869. The van der Waals surface area contributed by atoms with Gasteiger partial charge < -0.3 is 10.2 Å². The Kier molecular flexibility index (Phi) is 5.75. The summed E-state index contributed by atoms with van der Waals surface area (Å²) in [4.78, 5) is 29.8. The first kappa shape index (κ1) is 22.0. The maximum absolute atomic E-state index is 13.7. The number of rotatable bonds is 6. The molecule has 8 heteroatoms. The van der Waals surface area contributed by atoms with Crippen molar-refractivity contribution in [3.8, 4) is 10.6 Å². The van der Waals surface area contributed by atoms with Crippen molar-refractivity contribution in [1.29, 1.82) is 0 Å². The number of nitrogens with one attached hydrogen (secondary N) is 1. The van der Waals surface area contributed by atoms with Crippen LogP contribution in [0.5, 0.6) is 0 Å². The van der Waals surface area contributed by atoms with Crippen molar-refractivity contribution in [2.75, 3.05) is 0 Å². The highest BCUT2D eigenvalue weighted by Gasteiger charge is 2.48. The summed E-state index contributed by atoms with van der Waals surface area (Å²) in [6, 6.07) is 21.3. The number of benzene rings is 2. The van der Waals surface area contributed by atoms with E-state index in [-0.39, 0.29) is 30.7 Å². The van der Waals surface area contributed by atoms with E-state index in [0.29, 0.717) is 17.9 Å². The van der Waals surface area contributed by atoms with Gasteiger partial charge in [-0.05, 0) is 47.7 Å². The fourth-order valence-corrected chi connectivity index (χ4v) is 4.86. The first-order valence-electron chi connectivity index (χ1n) is 10.9. The van der Waals surface area contributed by atoms with Crippen LogP contribution in [0, 0.1) is 5.82 Å². The number of fused-ring (bicyclic) bond motifs is 1. The number of aromatic nitrogens is 2. The Morgan fingerprint density at radius 3 is 2.56 bits per heavy atom. The Bertz CT molecular complexity index is 1320. The summed E-state index contributed by atoms with van der Waals surface area (Å²) in [6.07, 6.45) is 0. The number of hydrogen-bond donors (Lipinski definition) is 1. The molecule has 2 aromatic carbocycles. The maximum Gasteiger partial charge on any atom is 0.273 e. The highest BCUT2D eigenvalue weighted by atomic mass is 32.1. The first-order chi connectivity index (χ1) is 16.4. The van der Waals surface area contributed by atoms with Crippen molar-refractivity contribution in [1.82, 2.24) is 20.0 Å². The minimum Gasteiger partial charge on any atom is -0.350 e. The monoisotopic (exact) mass is 474 g/mol. The molecule has 1 aliphatic rings. The second kappa shape index (κ2) is 8.87. The first-order valence-corrected chi connectivity index (χ1v) is 11.8. The van der Waals surface area contributed by atoms with Gasteiger partial charge in [0.1, 0.15) is 22.7 Å². The Morgan fingerprint density at radius 2 is 1.85 bits per heavy atom. The van der Waals surface area contributed by atoms with Crippen molar-refractivity contribution in [3.63, 3.8) is 0 Å². The molecule has 0 saturated heterocycles. The van der Waals surface area contributed by atoms with Gasteiger partial charge in [-0.2, -0.15) is 5.10 Å². The molecule has 1 atom stereocenters. The van der Waals surface area contributed by atoms with Gasteiger partial charge in [0.05, 0.1) is 11.4 Å². The second-order valence-corrected chi connectivity index (χ2v) is 9.46. The molecule has 2 aromatic heterocycles. The van der Waals surface area contributed by atoms with Gasteiger partial charge in [0.25, 0.3) is 5.91 Å². The Morgan fingerprint density at radius 1 is 1.09 bits per heavy atom. The standard InChI is InChI=1S/C26H23FN4O2S/c1-26(25(33)28-15-18-9-11-20(27)12-10-18)17-31-22(14-21(29-31)23-8-5-13-34-23)24(32)30(26)16-19-6-3-2-4-7-19/h2-14H,15-17H2,1H3,(H,28,33)/t26-/m1/s1. The predicted octanol–water partition coefficient (Wildman–Crippen LogP) is 4.48. The number of nitrogens with zero attached hydrogens (tertiary/aromatic N) is 3. The van der Waals surface area contributed by atoms with Crippen LogP contribution in [0.1, 0.15) is 28.5 Å². The molecule has 172 valence electrons. The van der Waals surface area contributed by atoms with Crippen LogP contribution in [0.3, 0.4) is 0 Å². The van der Waals surface area contributed by atoms with E-state index >= 15 is 0 Å². The Balaban J connectivity index is 1.47. The average Bonchev–Trinajstić information content (AvgIpc) is 3.52. The summed E-state index contributed by atoms with van der Waals surface area (Å²) >= 11 is 1.55. The molecule has 2 amide bonds. The Labute approximate surface area is 200 Å². The lowest BCUT2D eigenvalue weighted by atomic mass is 9.94. The normalized spacial score (nSPS) is 17.5. The smallest absolute Gasteiger partial charge is 0.273 e. The summed E-state index contributed by atoms with van der Waals surface area (Å²) in [5.41, 5.74) is 1.71. The minimum atomic E-state index is -1.17. The molecule has 0 aliphatic carbocycles. The van der Waals surface area contributed by atoms with E-state index in [2.05, 4.69) is 10.4 Å². The zero-order chi connectivity index (χ0) is 23.7. The van der Waals surface area contributed by atoms with Crippen molar-refractivity contribution in [2.24, 2.45) is 0 Å². The predicted molar refractivity (Wildman–Crippen MR) is 129 cm³/mol. The third-order valence-electron chi connectivity index (χ3n) is 6.11. The fraction of sp³-hybridized carbons (Fsp3) is 0.192. The molecule has 1 N–H and O–H groups in total. The number of amides is 2. The van der Waals surface area contributed by atoms with Crippen molar-refractivity contribution >= 4 is 23.2 Å². The third-order valence-corrected chi connectivity index (χ3v) is 7.00. The minimum absolute atomic E-state index is 0.224. The van der Waals surface area contributed by atoms with Gasteiger partial charge in [-0.15, -0.1) is 11.3 Å². The number of carbonyl (C=O) groups excluding carboxylic acids is 2. The van der Waals surface area contributed by atoms with Gasteiger partial charge in [-0.3, -0.25) is 14.3 Å². The Hall–Kier alpha value is -3.78. The van der Waals surface area contributed by atoms with Gasteiger partial charge in [0.2, 0.25) is 5.91 Å². The summed E-state index contributed by atoms with van der Waals surface area (Å²) in [6.45, 7) is 2.51. The van der Waals surface area contributed by atoms with Crippen LogP contribution in [0.15, 0.2) is 78.2 Å². The van der Waals surface area contributed by atoms with E-state index < -0.39 is 5.54 Å². The lowest BCUT2D eigenvalue weighted by Crippen LogP contribution is -2.63. The molecular formula is C26H23FN4O2S. The average molecular weight is 475 g/mol. The van der Waals surface area contributed by atoms with Crippen LogP contribution in [0.2, 0.25) is 0 Å². The molecule has 0 spiro atoms. The van der Waals surface area contributed by atoms with Gasteiger partial charge in [0, 0.05) is 13.1 Å². The van der Waals surface area contributed by atoms with E-state index in [1.807, 2.05) is 47.8 Å². The molecule has 0 saturated carbocycles. The molecule has 0 radical (unpaired) electrons. The molecule has 34 heavy (non-hydrogen) atoms. The van der Waals surface area contributed by atoms with E-state index in [0.717, 1.165) is 16.0 Å². The molecule has 1 aliphatic heterocycles. The summed E-state index contributed by atoms with van der Waals surface area (Å²) in [5, 5.41) is 9.55. The van der Waals surface area contributed by atoms with Crippen LogP contribution in [-0.4, -0.2) is 32.0 Å². The molecule has 0 fully saturated rings. The highest BCUT2D eigenvalue weighted by Crippen LogP contribution is 2.32. The largest absolute Gasteiger partial charge is 0.350 e. The second-order valence-electron chi connectivity index (χ2n) is 8.51. The molecule has 0 bridgehead atoms. The molecular weight excluding hydrogens is 451 g/mol. The van der Waals surface area contributed by atoms with Gasteiger partial charge in [-0.1, -0.05) is 48.5 Å².